The van der Waals surface area contributed by atoms with E-state index < -0.39 is 0 Å². The van der Waals surface area contributed by atoms with Crippen molar-refractivity contribution in [3.05, 3.63) is 41.0 Å². The van der Waals surface area contributed by atoms with Gasteiger partial charge >= 0.3 is 0 Å². The third-order valence-electron chi connectivity index (χ3n) is 4.05. The van der Waals surface area contributed by atoms with Crippen LogP contribution < -0.4 is 10.6 Å². The maximum atomic E-state index is 5.11. The molecule has 2 aromatic rings. The topological polar surface area (TPSA) is 76.4 Å². The van der Waals surface area contributed by atoms with Gasteiger partial charge in [0.25, 0.3) is 0 Å². The summed E-state index contributed by atoms with van der Waals surface area (Å²) in [7, 11) is 3.64. The van der Waals surface area contributed by atoms with E-state index in [4.69, 9.17) is 9.73 Å². The number of guanidine groups is 1. The summed E-state index contributed by atoms with van der Waals surface area (Å²) < 4.78 is 7.08. The summed E-state index contributed by atoms with van der Waals surface area (Å²) in [5, 5.41) is 14.9. The molecule has 150 valence electrons. The van der Waals surface area contributed by atoms with Crippen molar-refractivity contribution in [2.24, 2.45) is 12.0 Å². The maximum Gasteiger partial charge on any atom is 0.192 e. The molecule has 1 aromatic carbocycles. The van der Waals surface area contributed by atoms with Crippen LogP contribution in [0.15, 0.2) is 28.1 Å². The second-order valence-corrected chi connectivity index (χ2v) is 6.82. The lowest BCUT2D eigenvalue weighted by atomic mass is 10.1. The molecule has 2 rings (SSSR count). The van der Waals surface area contributed by atoms with E-state index in [9.17, 15) is 0 Å². The van der Waals surface area contributed by atoms with Crippen LogP contribution in [0.4, 0.5) is 0 Å². The molecule has 0 spiro atoms. The predicted octanol–water partition coefficient (Wildman–Crippen LogP) is 2.65. The van der Waals surface area contributed by atoms with E-state index in [1.54, 1.807) is 18.9 Å². The van der Waals surface area contributed by atoms with E-state index >= 15 is 0 Å². The Kier molecular flexibility index (Phi) is 10.7. The molecule has 0 saturated heterocycles. The van der Waals surface area contributed by atoms with Crippen LogP contribution in [-0.4, -0.2) is 47.2 Å². The molecule has 27 heavy (non-hydrogen) atoms. The highest BCUT2D eigenvalue weighted by Gasteiger charge is 2.07. The number of rotatable bonds is 8. The van der Waals surface area contributed by atoms with Crippen LogP contribution in [0.1, 0.15) is 22.8 Å². The van der Waals surface area contributed by atoms with Gasteiger partial charge in [-0.1, -0.05) is 12.1 Å². The molecule has 0 amide bonds. The first-order chi connectivity index (χ1) is 12.5. The Bertz CT molecular complexity index is 749. The Labute approximate surface area is 182 Å². The summed E-state index contributed by atoms with van der Waals surface area (Å²) in [6.45, 7) is 6.50. The normalized spacial score (nSPS) is 11.2. The van der Waals surface area contributed by atoms with Gasteiger partial charge in [-0.2, -0.15) is 0 Å². The van der Waals surface area contributed by atoms with Crippen molar-refractivity contribution in [2.45, 2.75) is 31.8 Å². The molecule has 9 heteroatoms. The fraction of sp³-hybridized carbons (Fsp3) is 0.500. The molecule has 0 aliphatic heterocycles. The lowest BCUT2D eigenvalue weighted by Crippen LogP contribution is -2.39. The number of thioether (sulfide) groups is 1. The molecule has 0 aliphatic carbocycles. The van der Waals surface area contributed by atoms with Crippen molar-refractivity contribution in [3.8, 4) is 0 Å². The summed E-state index contributed by atoms with van der Waals surface area (Å²) in [5.74, 6) is 2.48. The number of benzene rings is 1. The molecule has 7 nitrogen and oxygen atoms in total. The lowest BCUT2D eigenvalue weighted by Gasteiger charge is -2.13. The number of hydrogen-bond acceptors (Lipinski definition) is 5. The van der Waals surface area contributed by atoms with E-state index in [1.807, 2.05) is 18.5 Å². The van der Waals surface area contributed by atoms with Crippen molar-refractivity contribution >= 4 is 41.7 Å². The summed E-state index contributed by atoms with van der Waals surface area (Å²) in [6, 6.07) is 6.46. The summed E-state index contributed by atoms with van der Waals surface area (Å²) in [6.07, 6.45) is 2.09. The van der Waals surface area contributed by atoms with Gasteiger partial charge in [0.1, 0.15) is 5.82 Å². The number of halogens is 1. The van der Waals surface area contributed by atoms with Gasteiger partial charge in [0, 0.05) is 25.6 Å². The highest BCUT2D eigenvalue weighted by molar-refractivity contribution is 14.0. The predicted molar refractivity (Wildman–Crippen MR) is 122 cm³/mol. The quantitative estimate of drug-likeness (QED) is 0.189. The fourth-order valence-electron chi connectivity index (χ4n) is 2.36. The molecule has 0 radical (unpaired) electrons. The summed E-state index contributed by atoms with van der Waals surface area (Å²) >= 11 is 1.75. The van der Waals surface area contributed by atoms with Crippen LogP contribution in [-0.2, 0) is 24.9 Å². The Hall–Kier alpha value is -1.33. The van der Waals surface area contributed by atoms with Gasteiger partial charge in [-0.25, -0.2) is 4.99 Å². The largest absolute Gasteiger partial charge is 0.383 e. The van der Waals surface area contributed by atoms with Crippen molar-refractivity contribution < 1.29 is 4.74 Å². The number of nitrogens with one attached hydrogen (secondary N) is 2. The van der Waals surface area contributed by atoms with E-state index in [-0.39, 0.29) is 24.0 Å². The van der Waals surface area contributed by atoms with Gasteiger partial charge in [-0.3, -0.25) is 0 Å². The zero-order chi connectivity index (χ0) is 18.9. The molecule has 1 heterocycles. The minimum atomic E-state index is 0. The molecular weight excluding hydrogens is 475 g/mol. The fourth-order valence-corrected chi connectivity index (χ4v) is 3.06. The molecule has 0 aliphatic rings. The van der Waals surface area contributed by atoms with Gasteiger partial charge in [0.15, 0.2) is 11.8 Å². The Morgan fingerprint density at radius 1 is 1.26 bits per heavy atom. The van der Waals surface area contributed by atoms with Crippen LogP contribution in [0.2, 0.25) is 0 Å². The number of methoxy groups -OCH3 is 1. The molecule has 1 aromatic heterocycles. The number of aromatic nitrogens is 3. The molecule has 0 unspecified atom stereocenters. The average molecular weight is 504 g/mol. The number of aryl methyl sites for hydroxylation is 2. The number of nitrogens with zero attached hydrogens (tertiary/aromatic N) is 4. The minimum Gasteiger partial charge on any atom is -0.383 e. The van der Waals surface area contributed by atoms with Gasteiger partial charge in [-0.05, 0) is 37.3 Å². The smallest absolute Gasteiger partial charge is 0.192 e. The first-order valence-electron chi connectivity index (χ1n) is 8.54. The molecule has 0 atom stereocenters. The van der Waals surface area contributed by atoms with Crippen molar-refractivity contribution in [1.29, 1.82) is 0 Å². The first-order valence-corrected chi connectivity index (χ1v) is 9.77. The standard InChI is InChI=1S/C18H28N6OS.HI/c1-13-6-7-15(16(10-13)26-5)11-20-18(19-8-9-25-4)21-12-17-23-22-14(2)24(17)3;/h6-7,10H,8-9,11-12H2,1-5H3,(H2,19,20,21);1H. The van der Waals surface area contributed by atoms with Crippen LogP contribution in [0.5, 0.6) is 0 Å². The summed E-state index contributed by atoms with van der Waals surface area (Å²) in [4.78, 5) is 5.98. The third kappa shape index (κ3) is 7.30. The van der Waals surface area contributed by atoms with E-state index in [2.05, 4.69) is 52.2 Å². The Morgan fingerprint density at radius 2 is 2.04 bits per heavy atom. The first kappa shape index (κ1) is 23.7. The second-order valence-electron chi connectivity index (χ2n) is 5.98. The molecule has 0 fully saturated rings. The lowest BCUT2D eigenvalue weighted by molar-refractivity contribution is 0.203. The number of aliphatic imine (C=N–C) groups is 1. The van der Waals surface area contributed by atoms with E-state index in [0.717, 1.165) is 17.6 Å². The van der Waals surface area contributed by atoms with Crippen molar-refractivity contribution in [3.63, 3.8) is 0 Å². The van der Waals surface area contributed by atoms with Gasteiger partial charge < -0.3 is 19.9 Å². The zero-order valence-corrected chi connectivity index (χ0v) is 19.7. The minimum absolute atomic E-state index is 0. The third-order valence-corrected chi connectivity index (χ3v) is 4.87. The van der Waals surface area contributed by atoms with Gasteiger partial charge in [0.2, 0.25) is 0 Å². The van der Waals surface area contributed by atoms with E-state index in [0.29, 0.717) is 26.2 Å². The average Bonchev–Trinajstić information content (AvgIpc) is 2.96. The molecular formula is C18H29IN6OS. The monoisotopic (exact) mass is 504 g/mol. The molecule has 2 N–H and O–H groups in total. The number of hydrogen-bond donors (Lipinski definition) is 2. The second kappa shape index (κ2) is 12.2. The molecule has 0 bridgehead atoms. The van der Waals surface area contributed by atoms with Gasteiger partial charge in [-0.15, -0.1) is 45.9 Å². The van der Waals surface area contributed by atoms with Crippen LogP contribution in [0, 0.1) is 13.8 Å². The summed E-state index contributed by atoms with van der Waals surface area (Å²) in [5.41, 5.74) is 2.47. The van der Waals surface area contributed by atoms with E-state index in [1.165, 1.54) is 16.0 Å². The Morgan fingerprint density at radius 3 is 2.67 bits per heavy atom. The van der Waals surface area contributed by atoms with Crippen LogP contribution in [0.25, 0.3) is 0 Å². The van der Waals surface area contributed by atoms with Gasteiger partial charge in [0.05, 0.1) is 19.7 Å². The maximum absolute atomic E-state index is 5.11. The highest BCUT2D eigenvalue weighted by Crippen LogP contribution is 2.22. The zero-order valence-electron chi connectivity index (χ0n) is 16.6. The number of ether oxygens (including phenoxy) is 1. The Balaban J connectivity index is 0.00000364. The SMILES string of the molecule is COCCNC(=NCc1ccc(C)cc1SC)NCc1nnc(C)n1C.I. The van der Waals surface area contributed by atoms with Crippen LogP contribution in [0.3, 0.4) is 0 Å². The van der Waals surface area contributed by atoms with Crippen molar-refractivity contribution in [1.82, 2.24) is 25.4 Å². The van der Waals surface area contributed by atoms with Crippen molar-refractivity contribution in [2.75, 3.05) is 26.5 Å². The molecule has 0 saturated carbocycles. The highest BCUT2D eigenvalue weighted by atomic mass is 127. The van der Waals surface area contributed by atoms with Crippen LogP contribution >= 0.6 is 35.7 Å².